The van der Waals surface area contributed by atoms with Crippen LogP contribution in [0.3, 0.4) is 0 Å². The van der Waals surface area contributed by atoms with Gasteiger partial charge in [0.2, 0.25) is 0 Å². The minimum Gasteiger partial charge on any atom is -0.481 e. The van der Waals surface area contributed by atoms with Crippen molar-refractivity contribution in [3.63, 3.8) is 0 Å². The highest BCUT2D eigenvalue weighted by Gasteiger charge is 2.34. The van der Waals surface area contributed by atoms with E-state index in [0.717, 1.165) is 10.8 Å². The van der Waals surface area contributed by atoms with Gasteiger partial charge in [0.1, 0.15) is 12.4 Å². The molecule has 1 atom stereocenters. The molecule has 0 aliphatic carbocycles. The summed E-state index contributed by atoms with van der Waals surface area (Å²) in [6, 6.07) is 10.2. The number of esters is 1. The molecule has 6 nitrogen and oxygen atoms in total. The fraction of sp³-hybridized carbons (Fsp3) is 0.200. The molecule has 0 bridgehead atoms. The van der Waals surface area contributed by atoms with Crippen molar-refractivity contribution >= 4 is 22.8 Å². The molecular weight excluding hydrogens is 332 g/mol. The quantitative estimate of drug-likeness (QED) is 0.656. The SMILES string of the molecule is C#CCOc1ccc2ccccc2c1C1NC(=O)NC(C)=C1C(=O)OC. The van der Waals surface area contributed by atoms with E-state index >= 15 is 0 Å². The molecule has 1 aliphatic heterocycles. The average molecular weight is 350 g/mol. The summed E-state index contributed by atoms with van der Waals surface area (Å²) in [7, 11) is 1.30. The number of ether oxygens (including phenoxy) is 2. The van der Waals surface area contributed by atoms with E-state index in [4.69, 9.17) is 15.9 Å². The molecule has 1 aliphatic rings. The van der Waals surface area contributed by atoms with Crippen molar-refractivity contribution < 1.29 is 19.1 Å². The van der Waals surface area contributed by atoms with E-state index in [9.17, 15) is 9.59 Å². The van der Waals surface area contributed by atoms with Crippen LogP contribution in [0, 0.1) is 12.3 Å². The molecule has 0 saturated carbocycles. The third kappa shape index (κ3) is 3.07. The fourth-order valence-corrected chi connectivity index (χ4v) is 3.11. The zero-order valence-corrected chi connectivity index (χ0v) is 14.5. The van der Waals surface area contributed by atoms with Crippen LogP contribution in [0.1, 0.15) is 18.5 Å². The van der Waals surface area contributed by atoms with Gasteiger partial charge in [-0.05, 0) is 23.8 Å². The molecule has 1 heterocycles. The molecule has 2 amide bonds. The summed E-state index contributed by atoms with van der Waals surface area (Å²) < 4.78 is 10.6. The maximum Gasteiger partial charge on any atom is 0.337 e. The van der Waals surface area contributed by atoms with Gasteiger partial charge < -0.3 is 20.1 Å². The topological polar surface area (TPSA) is 76.7 Å². The summed E-state index contributed by atoms with van der Waals surface area (Å²) >= 11 is 0. The largest absolute Gasteiger partial charge is 0.481 e. The Balaban J connectivity index is 2.27. The highest BCUT2D eigenvalue weighted by Crippen LogP contribution is 2.38. The summed E-state index contributed by atoms with van der Waals surface area (Å²) in [5.41, 5.74) is 1.41. The molecular formula is C20H18N2O4. The Hall–Kier alpha value is -3.46. The van der Waals surface area contributed by atoms with Crippen LogP contribution in [0.5, 0.6) is 5.75 Å². The van der Waals surface area contributed by atoms with E-state index < -0.39 is 18.0 Å². The smallest absolute Gasteiger partial charge is 0.337 e. The Labute approximate surface area is 151 Å². The summed E-state index contributed by atoms with van der Waals surface area (Å²) in [5, 5.41) is 7.21. The maximum atomic E-state index is 12.4. The minimum absolute atomic E-state index is 0.0700. The van der Waals surface area contributed by atoms with Gasteiger partial charge in [-0.3, -0.25) is 0 Å². The number of carbonyl (C=O) groups is 2. The Bertz CT molecular complexity index is 956. The first-order valence-electron chi connectivity index (χ1n) is 8.01. The number of nitrogens with one attached hydrogen (secondary N) is 2. The fourth-order valence-electron chi connectivity index (χ4n) is 3.11. The van der Waals surface area contributed by atoms with E-state index in [2.05, 4.69) is 16.6 Å². The predicted octanol–water partition coefficient (Wildman–Crippen LogP) is 2.65. The molecule has 132 valence electrons. The second kappa shape index (κ2) is 7.19. The third-order valence-electron chi connectivity index (χ3n) is 4.20. The van der Waals surface area contributed by atoms with Crippen molar-refractivity contribution in [1.82, 2.24) is 10.6 Å². The maximum absolute atomic E-state index is 12.4. The van der Waals surface area contributed by atoms with Crippen LogP contribution in [0.25, 0.3) is 10.8 Å². The van der Waals surface area contributed by atoms with E-state index in [-0.39, 0.29) is 6.61 Å². The van der Waals surface area contributed by atoms with E-state index in [1.165, 1.54) is 7.11 Å². The molecule has 6 heteroatoms. The number of urea groups is 1. The Morgan fingerprint density at radius 2 is 2.04 bits per heavy atom. The van der Waals surface area contributed by atoms with E-state index in [1.54, 1.807) is 13.0 Å². The predicted molar refractivity (Wildman–Crippen MR) is 97.4 cm³/mol. The number of amides is 2. The highest BCUT2D eigenvalue weighted by molar-refractivity contribution is 5.98. The average Bonchev–Trinajstić information content (AvgIpc) is 2.64. The van der Waals surface area contributed by atoms with Gasteiger partial charge in [-0.25, -0.2) is 9.59 Å². The number of carbonyl (C=O) groups excluding carboxylic acids is 2. The molecule has 0 radical (unpaired) electrons. The highest BCUT2D eigenvalue weighted by atomic mass is 16.5. The second-order valence-electron chi connectivity index (χ2n) is 5.75. The lowest BCUT2D eigenvalue weighted by Gasteiger charge is -2.29. The Morgan fingerprint density at radius 1 is 1.27 bits per heavy atom. The zero-order valence-electron chi connectivity index (χ0n) is 14.5. The lowest BCUT2D eigenvalue weighted by atomic mass is 9.90. The van der Waals surface area contributed by atoms with Gasteiger partial charge in [0.25, 0.3) is 0 Å². The van der Waals surface area contributed by atoms with Gasteiger partial charge in [-0.1, -0.05) is 36.3 Å². The van der Waals surface area contributed by atoms with Crippen molar-refractivity contribution in [3.05, 3.63) is 53.2 Å². The van der Waals surface area contributed by atoms with Crippen LogP contribution in [-0.4, -0.2) is 25.7 Å². The van der Waals surface area contributed by atoms with Crippen molar-refractivity contribution in [1.29, 1.82) is 0 Å². The molecule has 0 aromatic heterocycles. The molecule has 0 spiro atoms. The molecule has 2 aromatic carbocycles. The van der Waals surface area contributed by atoms with Crippen molar-refractivity contribution in [2.75, 3.05) is 13.7 Å². The molecule has 0 fully saturated rings. The molecule has 3 rings (SSSR count). The first-order chi connectivity index (χ1) is 12.6. The second-order valence-corrected chi connectivity index (χ2v) is 5.75. The van der Waals surface area contributed by atoms with Gasteiger partial charge in [-0.2, -0.15) is 0 Å². The first-order valence-corrected chi connectivity index (χ1v) is 8.01. The molecule has 1 unspecified atom stereocenters. The summed E-state index contributed by atoms with van der Waals surface area (Å²) in [4.78, 5) is 24.5. The van der Waals surface area contributed by atoms with Gasteiger partial charge >= 0.3 is 12.0 Å². The summed E-state index contributed by atoms with van der Waals surface area (Å²) in [6.07, 6.45) is 5.32. The van der Waals surface area contributed by atoms with E-state index in [0.29, 0.717) is 22.6 Å². The lowest BCUT2D eigenvalue weighted by molar-refractivity contribution is -0.136. The molecule has 2 N–H and O–H groups in total. The summed E-state index contributed by atoms with van der Waals surface area (Å²) in [6.45, 7) is 1.73. The number of hydrogen-bond acceptors (Lipinski definition) is 4. The van der Waals surface area contributed by atoms with Crippen molar-refractivity contribution in [2.24, 2.45) is 0 Å². The van der Waals surface area contributed by atoms with Crippen LogP contribution in [0.4, 0.5) is 4.79 Å². The Kier molecular flexibility index (Phi) is 4.81. The standard InChI is InChI=1S/C20H18N2O4/c1-4-11-26-15-10-9-13-7-5-6-8-14(13)17(15)18-16(19(23)25-3)12(2)21-20(24)22-18/h1,5-10,18H,11H2,2-3H3,(H2,21,22,24). The number of methoxy groups -OCH3 is 1. The summed E-state index contributed by atoms with van der Waals surface area (Å²) in [5.74, 6) is 2.40. The van der Waals surface area contributed by atoms with Crippen molar-refractivity contribution in [3.8, 4) is 18.1 Å². The third-order valence-corrected chi connectivity index (χ3v) is 4.20. The zero-order chi connectivity index (χ0) is 18.7. The number of allylic oxidation sites excluding steroid dienone is 1. The van der Waals surface area contributed by atoms with Crippen LogP contribution >= 0.6 is 0 Å². The molecule has 2 aromatic rings. The minimum atomic E-state index is -0.727. The first kappa shape index (κ1) is 17.4. The van der Waals surface area contributed by atoms with Crippen LogP contribution < -0.4 is 15.4 Å². The van der Waals surface area contributed by atoms with Gasteiger partial charge in [-0.15, -0.1) is 6.42 Å². The van der Waals surface area contributed by atoms with Gasteiger partial charge in [0, 0.05) is 11.3 Å². The number of rotatable bonds is 4. The number of hydrogen-bond donors (Lipinski definition) is 2. The van der Waals surface area contributed by atoms with Gasteiger partial charge in [0.15, 0.2) is 0 Å². The van der Waals surface area contributed by atoms with Crippen LogP contribution in [0.2, 0.25) is 0 Å². The van der Waals surface area contributed by atoms with Gasteiger partial charge in [0.05, 0.1) is 18.7 Å². The molecule has 26 heavy (non-hydrogen) atoms. The number of terminal acetylenes is 1. The Morgan fingerprint density at radius 3 is 2.77 bits per heavy atom. The normalized spacial score (nSPS) is 16.5. The lowest BCUT2D eigenvalue weighted by Crippen LogP contribution is -2.45. The molecule has 0 saturated heterocycles. The monoisotopic (exact) mass is 350 g/mol. The number of fused-ring (bicyclic) bond motifs is 1. The van der Waals surface area contributed by atoms with Crippen LogP contribution in [-0.2, 0) is 9.53 Å². The van der Waals surface area contributed by atoms with Crippen LogP contribution in [0.15, 0.2) is 47.7 Å². The van der Waals surface area contributed by atoms with Crippen molar-refractivity contribution in [2.45, 2.75) is 13.0 Å². The number of benzene rings is 2. The van der Waals surface area contributed by atoms with E-state index in [1.807, 2.05) is 30.3 Å².